The molecule has 0 aliphatic carbocycles. The minimum absolute atomic E-state index is 0.146. The topological polar surface area (TPSA) is 93.5 Å². The molecule has 0 spiro atoms. The molecule has 140 valence electrons. The van der Waals surface area contributed by atoms with Crippen molar-refractivity contribution in [2.75, 3.05) is 13.2 Å². The van der Waals surface area contributed by atoms with Gasteiger partial charge in [0, 0.05) is 30.3 Å². The van der Waals surface area contributed by atoms with Crippen LogP contribution >= 0.6 is 0 Å². The van der Waals surface area contributed by atoms with E-state index in [2.05, 4.69) is 24.3 Å². The lowest BCUT2D eigenvalue weighted by atomic mass is 9.93. The van der Waals surface area contributed by atoms with Gasteiger partial charge in [-0.1, -0.05) is 13.8 Å². The summed E-state index contributed by atoms with van der Waals surface area (Å²) in [6.07, 6.45) is 1.72. The molecule has 0 radical (unpaired) electrons. The first-order valence-corrected chi connectivity index (χ1v) is 8.92. The van der Waals surface area contributed by atoms with Crippen molar-refractivity contribution in [1.29, 1.82) is 0 Å². The normalized spacial score (nSPS) is 19.0. The number of hydrogen-bond acceptors (Lipinski definition) is 4. The fraction of sp³-hybridized carbons (Fsp3) is 0.722. The number of hydrogen-bond donors (Lipinski definition) is 2. The maximum absolute atomic E-state index is 12.5. The Balaban J connectivity index is 2.05. The van der Waals surface area contributed by atoms with Gasteiger partial charge in [-0.25, -0.2) is 4.79 Å². The smallest absolute Gasteiger partial charge is 0.326 e. The van der Waals surface area contributed by atoms with Gasteiger partial charge in [-0.15, -0.1) is 0 Å². The highest BCUT2D eigenvalue weighted by atomic mass is 16.5. The minimum Gasteiger partial charge on any atom is -0.480 e. The summed E-state index contributed by atoms with van der Waals surface area (Å²) in [5.41, 5.74) is 2.66. The Morgan fingerprint density at radius 1 is 1.40 bits per heavy atom. The molecule has 0 aromatic carbocycles. The van der Waals surface area contributed by atoms with Crippen LogP contribution in [0.2, 0.25) is 0 Å². The zero-order chi connectivity index (χ0) is 18.6. The number of nitrogens with zero attached hydrogens (tertiary/aromatic N) is 2. The Kier molecular flexibility index (Phi) is 6.58. The molecule has 2 rings (SSSR count). The van der Waals surface area contributed by atoms with E-state index in [1.807, 2.05) is 18.5 Å². The highest BCUT2D eigenvalue weighted by Gasteiger charge is 2.31. The molecule has 1 amide bonds. The Morgan fingerprint density at radius 2 is 2.12 bits per heavy atom. The molecule has 1 aliphatic rings. The van der Waals surface area contributed by atoms with Crippen molar-refractivity contribution in [3.8, 4) is 0 Å². The van der Waals surface area contributed by atoms with Gasteiger partial charge in [-0.2, -0.15) is 5.10 Å². The predicted molar refractivity (Wildman–Crippen MR) is 93.4 cm³/mol. The lowest BCUT2D eigenvalue weighted by Gasteiger charge is -2.28. The van der Waals surface area contributed by atoms with Gasteiger partial charge in [0.15, 0.2) is 0 Å². The summed E-state index contributed by atoms with van der Waals surface area (Å²) in [6.45, 7) is 9.90. The molecule has 1 aromatic heterocycles. The molecule has 2 N–H and O–H groups in total. The third-order valence-corrected chi connectivity index (χ3v) is 4.66. The van der Waals surface area contributed by atoms with E-state index in [0.717, 1.165) is 36.3 Å². The fourth-order valence-corrected chi connectivity index (χ4v) is 3.31. The summed E-state index contributed by atoms with van der Waals surface area (Å²) in [6, 6.07) is -0.904. The molecule has 1 aromatic rings. The van der Waals surface area contributed by atoms with Crippen LogP contribution in [0.15, 0.2) is 0 Å². The fourth-order valence-electron chi connectivity index (χ4n) is 3.31. The van der Waals surface area contributed by atoms with E-state index in [1.54, 1.807) is 0 Å². The van der Waals surface area contributed by atoms with Crippen LogP contribution < -0.4 is 5.32 Å². The number of nitrogens with one attached hydrogen (secondary N) is 1. The minimum atomic E-state index is -1.01. The quantitative estimate of drug-likeness (QED) is 0.780. The van der Waals surface area contributed by atoms with Gasteiger partial charge < -0.3 is 15.2 Å². The third kappa shape index (κ3) is 5.04. The average Bonchev–Trinajstić information content (AvgIpc) is 2.80. The van der Waals surface area contributed by atoms with Gasteiger partial charge >= 0.3 is 5.97 Å². The van der Waals surface area contributed by atoms with Gasteiger partial charge in [0.05, 0.1) is 18.7 Å². The number of rotatable bonds is 7. The summed E-state index contributed by atoms with van der Waals surface area (Å²) in [5, 5.41) is 16.7. The second-order valence-electron chi connectivity index (χ2n) is 7.26. The van der Waals surface area contributed by atoms with Crippen LogP contribution in [-0.4, -0.2) is 46.0 Å². The molecule has 7 heteroatoms. The van der Waals surface area contributed by atoms with Crippen molar-refractivity contribution in [2.45, 2.75) is 59.5 Å². The number of carbonyl (C=O) groups is 2. The molecule has 2 atom stereocenters. The molecule has 1 saturated heterocycles. The molecule has 0 bridgehead atoms. The van der Waals surface area contributed by atoms with Gasteiger partial charge in [0.25, 0.3) is 0 Å². The van der Waals surface area contributed by atoms with E-state index in [0.29, 0.717) is 19.1 Å². The summed E-state index contributed by atoms with van der Waals surface area (Å²) < 4.78 is 7.29. The van der Waals surface area contributed by atoms with Crippen molar-refractivity contribution in [3.05, 3.63) is 17.0 Å². The first-order chi connectivity index (χ1) is 11.8. The largest absolute Gasteiger partial charge is 0.480 e. The maximum Gasteiger partial charge on any atom is 0.326 e. The molecule has 1 fully saturated rings. The predicted octanol–water partition coefficient (Wildman–Crippen LogP) is 1.69. The Hall–Kier alpha value is -1.89. The Bertz CT molecular complexity index is 618. The number of aryl methyl sites for hydroxylation is 1. The van der Waals surface area contributed by atoms with Crippen molar-refractivity contribution >= 4 is 11.9 Å². The highest BCUT2D eigenvalue weighted by molar-refractivity contribution is 5.85. The monoisotopic (exact) mass is 351 g/mol. The maximum atomic E-state index is 12.5. The first-order valence-electron chi connectivity index (χ1n) is 8.92. The van der Waals surface area contributed by atoms with Gasteiger partial charge in [0.2, 0.25) is 5.91 Å². The number of aromatic nitrogens is 2. The summed E-state index contributed by atoms with van der Waals surface area (Å²) in [7, 11) is 0. The summed E-state index contributed by atoms with van der Waals surface area (Å²) in [5.74, 6) is -1.01. The highest BCUT2D eigenvalue weighted by Crippen LogP contribution is 2.19. The molecular weight excluding hydrogens is 322 g/mol. The van der Waals surface area contributed by atoms with E-state index in [-0.39, 0.29) is 18.2 Å². The number of ether oxygens (including phenoxy) is 1. The molecule has 1 aliphatic heterocycles. The van der Waals surface area contributed by atoms with Crippen LogP contribution in [0.25, 0.3) is 0 Å². The van der Waals surface area contributed by atoms with E-state index < -0.39 is 12.0 Å². The zero-order valence-corrected chi connectivity index (χ0v) is 15.5. The Labute approximate surface area is 148 Å². The van der Waals surface area contributed by atoms with Crippen LogP contribution in [0, 0.1) is 25.7 Å². The molecule has 2 unspecified atom stereocenters. The number of carboxylic acids is 1. The molecule has 7 nitrogen and oxygen atoms in total. The average molecular weight is 351 g/mol. The van der Waals surface area contributed by atoms with E-state index in [1.165, 1.54) is 0 Å². The first kappa shape index (κ1) is 19.4. The van der Waals surface area contributed by atoms with Crippen molar-refractivity contribution in [3.63, 3.8) is 0 Å². The standard InChI is InChI=1S/C18H29N3O4/c1-11(2)9-21-13(4)15(12(3)20-21)8-16(22)19-17(18(23)24)14-6-5-7-25-10-14/h11,14,17H,5-10H2,1-4H3,(H,19,22)(H,23,24). The van der Waals surface area contributed by atoms with E-state index in [4.69, 9.17) is 4.74 Å². The van der Waals surface area contributed by atoms with E-state index >= 15 is 0 Å². The van der Waals surface area contributed by atoms with Crippen molar-refractivity contribution in [2.24, 2.45) is 11.8 Å². The second-order valence-corrected chi connectivity index (χ2v) is 7.26. The molecule has 25 heavy (non-hydrogen) atoms. The number of carboxylic acid groups (broad SMARTS) is 1. The lowest BCUT2D eigenvalue weighted by molar-refractivity contribution is -0.145. The second kappa shape index (κ2) is 8.47. The number of amides is 1. The van der Waals surface area contributed by atoms with Gasteiger partial charge in [0.1, 0.15) is 6.04 Å². The van der Waals surface area contributed by atoms with Gasteiger partial charge in [-0.3, -0.25) is 9.48 Å². The van der Waals surface area contributed by atoms with Crippen molar-refractivity contribution in [1.82, 2.24) is 15.1 Å². The third-order valence-electron chi connectivity index (χ3n) is 4.66. The van der Waals surface area contributed by atoms with Crippen LogP contribution in [0.1, 0.15) is 43.6 Å². The van der Waals surface area contributed by atoms with E-state index in [9.17, 15) is 14.7 Å². The Morgan fingerprint density at radius 3 is 2.68 bits per heavy atom. The molecule has 2 heterocycles. The SMILES string of the molecule is Cc1nn(CC(C)C)c(C)c1CC(=O)NC(C(=O)O)C1CCCOC1. The summed E-state index contributed by atoms with van der Waals surface area (Å²) >= 11 is 0. The molecular formula is C18H29N3O4. The number of carbonyl (C=O) groups excluding carboxylic acids is 1. The lowest BCUT2D eigenvalue weighted by Crippen LogP contribution is -2.48. The summed E-state index contributed by atoms with van der Waals surface area (Å²) in [4.78, 5) is 24.0. The van der Waals surface area contributed by atoms with Gasteiger partial charge in [-0.05, 0) is 32.6 Å². The van der Waals surface area contributed by atoms with Crippen LogP contribution in [0.5, 0.6) is 0 Å². The molecule has 0 saturated carbocycles. The van der Waals surface area contributed by atoms with Crippen LogP contribution in [0.3, 0.4) is 0 Å². The zero-order valence-electron chi connectivity index (χ0n) is 15.5. The van der Waals surface area contributed by atoms with Crippen LogP contribution in [0.4, 0.5) is 0 Å². The van der Waals surface area contributed by atoms with Crippen LogP contribution in [-0.2, 0) is 27.3 Å². The van der Waals surface area contributed by atoms with Crippen molar-refractivity contribution < 1.29 is 19.4 Å². The number of aliphatic carboxylic acids is 1.